The van der Waals surface area contributed by atoms with Gasteiger partial charge in [-0.2, -0.15) is 0 Å². The Bertz CT molecular complexity index is 877. The van der Waals surface area contributed by atoms with Gasteiger partial charge in [-0.25, -0.2) is 0 Å². The van der Waals surface area contributed by atoms with Crippen molar-refractivity contribution >= 4 is 5.91 Å². The lowest BCUT2D eigenvalue weighted by Gasteiger charge is -2.20. The molecule has 4 rings (SSSR count). The number of rotatable bonds is 9. The Kier molecular flexibility index (Phi) is 7.82. The van der Waals surface area contributed by atoms with Crippen LogP contribution in [0, 0.1) is 5.92 Å². The van der Waals surface area contributed by atoms with Crippen LogP contribution in [0.25, 0.3) is 0 Å². The fourth-order valence-corrected chi connectivity index (χ4v) is 5.18. The number of benzene rings is 2. The number of hydrogen-bond acceptors (Lipinski definition) is 4. The first-order valence-electron chi connectivity index (χ1n) is 12.0. The molecule has 1 saturated heterocycles. The standard InChI is InChI=1S/C27H37N3O2/c1-30-18-25(22-7-5-6-21(16-22)17-29-23-8-3-4-9-23)26(19-30)27(31)28-15-14-20-10-12-24(32-2)13-11-20/h5-7,10-13,16,23,25-26,29H,3-4,8-9,14-15,17-19H2,1-2H3,(H,28,31). The van der Waals surface area contributed by atoms with E-state index < -0.39 is 0 Å². The zero-order valence-corrected chi connectivity index (χ0v) is 19.5. The molecule has 1 saturated carbocycles. The normalized spacial score (nSPS) is 21.7. The molecule has 172 valence electrons. The molecular weight excluding hydrogens is 398 g/mol. The van der Waals surface area contributed by atoms with Gasteiger partial charge in [0.2, 0.25) is 5.91 Å². The molecule has 1 aliphatic carbocycles. The highest BCUT2D eigenvalue weighted by molar-refractivity contribution is 5.80. The molecule has 0 spiro atoms. The first kappa shape index (κ1) is 22.8. The number of nitrogens with zero attached hydrogens (tertiary/aromatic N) is 1. The van der Waals surface area contributed by atoms with E-state index in [1.807, 2.05) is 12.1 Å². The van der Waals surface area contributed by atoms with E-state index in [-0.39, 0.29) is 17.7 Å². The molecule has 5 heteroatoms. The van der Waals surface area contributed by atoms with Gasteiger partial charge < -0.3 is 20.3 Å². The summed E-state index contributed by atoms with van der Waals surface area (Å²) >= 11 is 0. The van der Waals surface area contributed by atoms with Crippen molar-refractivity contribution in [3.63, 3.8) is 0 Å². The van der Waals surface area contributed by atoms with Gasteiger partial charge in [-0.05, 0) is 55.1 Å². The smallest absolute Gasteiger partial charge is 0.225 e. The van der Waals surface area contributed by atoms with Crippen LogP contribution in [0.5, 0.6) is 5.75 Å². The van der Waals surface area contributed by atoms with Crippen LogP contribution in [0.3, 0.4) is 0 Å². The second-order valence-electron chi connectivity index (χ2n) is 9.43. The average molecular weight is 436 g/mol. The van der Waals surface area contributed by atoms with E-state index in [0.717, 1.165) is 31.8 Å². The summed E-state index contributed by atoms with van der Waals surface area (Å²) in [5.41, 5.74) is 3.81. The molecular formula is C27H37N3O2. The second kappa shape index (κ2) is 11.0. The Balaban J connectivity index is 1.33. The summed E-state index contributed by atoms with van der Waals surface area (Å²) in [5.74, 6) is 1.26. The topological polar surface area (TPSA) is 53.6 Å². The predicted octanol–water partition coefficient (Wildman–Crippen LogP) is 3.73. The van der Waals surface area contributed by atoms with Crippen LogP contribution in [0.15, 0.2) is 48.5 Å². The van der Waals surface area contributed by atoms with Gasteiger partial charge in [0.1, 0.15) is 5.75 Å². The highest BCUT2D eigenvalue weighted by Gasteiger charge is 2.36. The zero-order chi connectivity index (χ0) is 22.3. The Hall–Kier alpha value is -2.37. The van der Waals surface area contributed by atoms with Gasteiger partial charge >= 0.3 is 0 Å². The number of ether oxygens (including phenoxy) is 1. The van der Waals surface area contributed by atoms with Crippen LogP contribution < -0.4 is 15.4 Å². The summed E-state index contributed by atoms with van der Waals surface area (Å²) in [7, 11) is 3.79. The van der Waals surface area contributed by atoms with Gasteiger partial charge in [-0.15, -0.1) is 0 Å². The Morgan fingerprint density at radius 1 is 1.06 bits per heavy atom. The maximum absolute atomic E-state index is 13.1. The lowest BCUT2D eigenvalue weighted by atomic mass is 9.87. The Labute approximate surface area is 192 Å². The maximum atomic E-state index is 13.1. The third kappa shape index (κ3) is 5.90. The second-order valence-corrected chi connectivity index (χ2v) is 9.43. The molecule has 2 aliphatic rings. The van der Waals surface area contributed by atoms with Gasteiger partial charge in [-0.1, -0.05) is 49.2 Å². The first-order chi connectivity index (χ1) is 15.6. The largest absolute Gasteiger partial charge is 0.497 e. The number of methoxy groups -OCH3 is 1. The van der Waals surface area contributed by atoms with Crippen LogP contribution >= 0.6 is 0 Å². The predicted molar refractivity (Wildman–Crippen MR) is 129 cm³/mol. The van der Waals surface area contributed by atoms with Crippen LogP contribution in [-0.4, -0.2) is 50.6 Å². The van der Waals surface area contributed by atoms with Gasteiger partial charge in [0.25, 0.3) is 0 Å². The summed E-state index contributed by atoms with van der Waals surface area (Å²) in [5, 5.41) is 6.90. The average Bonchev–Trinajstić information content (AvgIpc) is 3.48. The van der Waals surface area contributed by atoms with Crippen molar-refractivity contribution in [1.82, 2.24) is 15.5 Å². The molecule has 0 aromatic heterocycles. The van der Waals surface area contributed by atoms with Gasteiger partial charge in [-0.3, -0.25) is 4.79 Å². The van der Waals surface area contributed by atoms with E-state index >= 15 is 0 Å². The summed E-state index contributed by atoms with van der Waals surface area (Å²) < 4.78 is 5.21. The van der Waals surface area contributed by atoms with Crippen LogP contribution in [-0.2, 0) is 17.8 Å². The summed E-state index contributed by atoms with van der Waals surface area (Å²) in [6.45, 7) is 3.31. The highest BCUT2D eigenvalue weighted by atomic mass is 16.5. The molecule has 2 N–H and O–H groups in total. The minimum absolute atomic E-state index is 0.00564. The van der Waals surface area contributed by atoms with Crippen LogP contribution in [0.4, 0.5) is 0 Å². The molecule has 2 unspecified atom stereocenters. The van der Waals surface area contributed by atoms with Crippen molar-refractivity contribution < 1.29 is 9.53 Å². The van der Waals surface area contributed by atoms with Crippen molar-refractivity contribution in [3.05, 3.63) is 65.2 Å². The van der Waals surface area contributed by atoms with Crippen LogP contribution in [0.1, 0.15) is 48.3 Å². The fraction of sp³-hybridized carbons (Fsp3) is 0.519. The molecule has 2 aromatic rings. The molecule has 32 heavy (non-hydrogen) atoms. The molecule has 2 aromatic carbocycles. The number of likely N-dealkylation sites (tertiary alicyclic amines) is 1. The van der Waals surface area contributed by atoms with Crippen LogP contribution in [0.2, 0.25) is 0 Å². The molecule has 0 radical (unpaired) electrons. The molecule has 1 aliphatic heterocycles. The van der Waals surface area contributed by atoms with Gasteiger partial charge in [0.15, 0.2) is 0 Å². The highest BCUT2D eigenvalue weighted by Crippen LogP contribution is 2.32. The van der Waals surface area contributed by atoms with E-state index in [1.54, 1.807) is 7.11 Å². The van der Waals surface area contributed by atoms with E-state index in [9.17, 15) is 4.79 Å². The molecule has 1 amide bonds. The van der Waals surface area contributed by atoms with E-state index in [4.69, 9.17) is 4.74 Å². The fourth-order valence-electron chi connectivity index (χ4n) is 5.18. The van der Waals surface area contributed by atoms with Gasteiger partial charge in [0, 0.05) is 38.1 Å². The lowest BCUT2D eigenvalue weighted by molar-refractivity contribution is -0.124. The minimum atomic E-state index is -0.00564. The Morgan fingerprint density at radius 2 is 1.84 bits per heavy atom. The van der Waals surface area contributed by atoms with Crippen molar-refractivity contribution in [1.29, 1.82) is 0 Å². The summed E-state index contributed by atoms with van der Waals surface area (Å²) in [6, 6.07) is 17.6. The number of carbonyl (C=O) groups is 1. The van der Waals surface area contributed by atoms with Crippen molar-refractivity contribution in [2.24, 2.45) is 5.92 Å². The number of amides is 1. The minimum Gasteiger partial charge on any atom is -0.497 e. The van der Waals surface area contributed by atoms with E-state index in [0.29, 0.717) is 12.6 Å². The number of nitrogens with one attached hydrogen (secondary N) is 2. The van der Waals surface area contributed by atoms with E-state index in [2.05, 4.69) is 59.0 Å². The third-order valence-corrected chi connectivity index (χ3v) is 7.04. The number of carbonyl (C=O) groups excluding carboxylic acids is 1. The molecule has 2 fully saturated rings. The van der Waals surface area contributed by atoms with Crippen molar-refractivity contribution in [3.8, 4) is 5.75 Å². The van der Waals surface area contributed by atoms with E-state index in [1.165, 1.54) is 42.4 Å². The monoisotopic (exact) mass is 435 g/mol. The molecule has 1 heterocycles. The third-order valence-electron chi connectivity index (χ3n) is 7.04. The zero-order valence-electron chi connectivity index (χ0n) is 19.5. The quantitative estimate of drug-likeness (QED) is 0.630. The first-order valence-corrected chi connectivity index (χ1v) is 12.0. The van der Waals surface area contributed by atoms with Crippen molar-refractivity contribution in [2.45, 2.75) is 50.6 Å². The Morgan fingerprint density at radius 3 is 2.59 bits per heavy atom. The molecule has 5 nitrogen and oxygen atoms in total. The lowest BCUT2D eigenvalue weighted by Crippen LogP contribution is -2.35. The SMILES string of the molecule is COc1ccc(CCNC(=O)C2CN(C)CC2c2cccc(CNC3CCCC3)c2)cc1. The maximum Gasteiger partial charge on any atom is 0.225 e. The summed E-state index contributed by atoms with van der Waals surface area (Å²) in [4.78, 5) is 15.4. The summed E-state index contributed by atoms with van der Waals surface area (Å²) in [6.07, 6.45) is 6.12. The number of hydrogen-bond donors (Lipinski definition) is 2. The van der Waals surface area contributed by atoms with Gasteiger partial charge in [0.05, 0.1) is 13.0 Å². The van der Waals surface area contributed by atoms with Crippen molar-refractivity contribution in [2.75, 3.05) is 33.8 Å². The molecule has 0 bridgehead atoms. The number of likely N-dealkylation sites (N-methyl/N-ethyl adjacent to an activating group) is 1. The molecule has 2 atom stereocenters.